The summed E-state index contributed by atoms with van der Waals surface area (Å²) >= 11 is 0. The minimum atomic E-state index is -3.07. The highest BCUT2D eigenvalue weighted by molar-refractivity contribution is 5.65. The summed E-state index contributed by atoms with van der Waals surface area (Å²) in [5.41, 5.74) is 0. The van der Waals surface area contributed by atoms with Gasteiger partial charge in [0.2, 0.25) is 6.29 Å². The van der Waals surface area contributed by atoms with Crippen molar-refractivity contribution < 1.29 is 32.9 Å². The summed E-state index contributed by atoms with van der Waals surface area (Å²) in [6.45, 7) is 0.534. The van der Waals surface area contributed by atoms with E-state index in [4.69, 9.17) is 14.6 Å². The zero-order valence-corrected chi connectivity index (χ0v) is 8.56. The van der Waals surface area contributed by atoms with Gasteiger partial charge in [-0.15, -0.1) is 0 Å². The summed E-state index contributed by atoms with van der Waals surface area (Å²) in [6, 6.07) is 0. The third-order valence-corrected chi connectivity index (χ3v) is 2.79. The van der Waals surface area contributed by atoms with Gasteiger partial charge in [-0.1, -0.05) is 0 Å². The van der Waals surface area contributed by atoms with E-state index >= 15 is 0 Å². The van der Waals surface area contributed by atoms with Crippen LogP contribution in [0.4, 0.5) is 8.78 Å². The molecule has 5 nitrogen and oxygen atoms in total. The highest BCUT2D eigenvalue weighted by Crippen LogP contribution is 2.49. The maximum absolute atomic E-state index is 13.3. The predicted octanol–water partition coefficient (Wildman–Crippen LogP) is -0.0830. The Kier molecular flexibility index (Phi) is 2.85. The highest BCUT2D eigenvalue weighted by Gasteiger charge is 2.69. The van der Waals surface area contributed by atoms with Crippen LogP contribution in [-0.4, -0.2) is 48.7 Å². The molecule has 0 aromatic rings. The van der Waals surface area contributed by atoms with E-state index in [2.05, 4.69) is 4.74 Å². The first-order valence-corrected chi connectivity index (χ1v) is 4.89. The third kappa shape index (κ3) is 1.68. The van der Waals surface area contributed by atoms with Crippen LogP contribution < -0.4 is 0 Å². The molecule has 0 saturated carbocycles. The van der Waals surface area contributed by atoms with Crippen LogP contribution in [0, 0.1) is 5.92 Å². The molecule has 3 heterocycles. The first-order chi connectivity index (χ1) is 7.46. The van der Waals surface area contributed by atoms with E-state index in [-0.39, 0.29) is 6.61 Å². The van der Waals surface area contributed by atoms with Crippen LogP contribution in [0.25, 0.3) is 0 Å². The van der Waals surface area contributed by atoms with Crippen LogP contribution in [0.2, 0.25) is 0 Å². The average Bonchev–Trinajstić information content (AvgIpc) is 2.25. The molecule has 0 radical (unpaired) electrons. The van der Waals surface area contributed by atoms with E-state index in [1.54, 1.807) is 0 Å². The van der Waals surface area contributed by atoms with Crippen molar-refractivity contribution in [2.75, 3.05) is 13.2 Å². The van der Waals surface area contributed by atoms with Gasteiger partial charge in [0.15, 0.2) is 0 Å². The Balaban J connectivity index is 2.03. The Morgan fingerprint density at radius 1 is 1.50 bits per heavy atom. The molecule has 7 heteroatoms. The molecular weight excluding hydrogens is 226 g/mol. The molecule has 0 amide bonds. The molecule has 0 spiro atoms. The minimum Gasteiger partial charge on any atom is -0.465 e. The summed E-state index contributed by atoms with van der Waals surface area (Å²) in [5, 5.41) is 8.97. The molecule has 1 N–H and O–H groups in total. The van der Waals surface area contributed by atoms with Crippen LogP contribution in [0.1, 0.15) is 6.92 Å². The Hall–Kier alpha value is -0.790. The predicted molar refractivity (Wildman–Crippen MR) is 45.7 cm³/mol. The molecule has 0 aromatic carbocycles. The van der Waals surface area contributed by atoms with Gasteiger partial charge in [0, 0.05) is 6.92 Å². The molecule has 0 aliphatic carbocycles. The standard InChI is InChI=1S/C9H12F2O5/c1-4(13)14-3-5-6(2-12)15-8-9(10,11)7(5)16-8/h5-8,12H,2-3H2,1H3/t5-,6-,7+,8+/m1/s1. The van der Waals surface area contributed by atoms with E-state index in [9.17, 15) is 13.6 Å². The van der Waals surface area contributed by atoms with Crippen LogP contribution in [0.3, 0.4) is 0 Å². The van der Waals surface area contributed by atoms with E-state index < -0.39 is 42.9 Å². The summed E-state index contributed by atoms with van der Waals surface area (Å²) in [7, 11) is 0. The van der Waals surface area contributed by atoms with Crippen molar-refractivity contribution in [3.05, 3.63) is 0 Å². The van der Waals surface area contributed by atoms with E-state index in [1.807, 2.05) is 0 Å². The van der Waals surface area contributed by atoms with Crippen molar-refractivity contribution in [1.82, 2.24) is 0 Å². The zero-order valence-electron chi connectivity index (χ0n) is 8.56. The smallest absolute Gasteiger partial charge is 0.323 e. The number of esters is 1. The number of aliphatic hydroxyl groups excluding tert-OH is 1. The fourth-order valence-corrected chi connectivity index (χ4v) is 1.93. The lowest BCUT2D eigenvalue weighted by Crippen LogP contribution is -2.72. The number of halogens is 2. The van der Waals surface area contributed by atoms with Gasteiger partial charge in [0.05, 0.1) is 25.2 Å². The monoisotopic (exact) mass is 238 g/mol. The molecule has 3 fully saturated rings. The van der Waals surface area contributed by atoms with Gasteiger partial charge in [-0.25, -0.2) is 0 Å². The van der Waals surface area contributed by atoms with Crippen LogP contribution in [0.15, 0.2) is 0 Å². The number of carbonyl (C=O) groups excluding carboxylic acids is 1. The topological polar surface area (TPSA) is 65.0 Å². The van der Waals surface area contributed by atoms with Crippen LogP contribution >= 0.6 is 0 Å². The summed E-state index contributed by atoms with van der Waals surface area (Å²) in [6.07, 6.45) is -3.70. The molecule has 3 aliphatic heterocycles. The van der Waals surface area contributed by atoms with Crippen molar-refractivity contribution >= 4 is 5.97 Å². The zero-order chi connectivity index (χ0) is 11.9. The van der Waals surface area contributed by atoms with Crippen molar-refractivity contribution in [2.45, 2.75) is 31.3 Å². The molecule has 2 bridgehead atoms. The molecule has 3 rings (SSSR count). The number of aliphatic hydroxyl groups is 1. The lowest BCUT2D eigenvalue weighted by atomic mass is 9.85. The minimum absolute atomic E-state index is 0.243. The molecule has 3 aliphatic rings. The first kappa shape index (κ1) is 11.7. The molecular formula is C9H12F2O5. The fourth-order valence-electron chi connectivity index (χ4n) is 1.93. The van der Waals surface area contributed by atoms with Gasteiger partial charge < -0.3 is 19.3 Å². The lowest BCUT2D eigenvalue weighted by molar-refractivity contribution is -0.460. The largest absolute Gasteiger partial charge is 0.465 e. The number of rotatable bonds is 3. The Morgan fingerprint density at radius 3 is 2.69 bits per heavy atom. The number of alkyl halides is 2. The maximum Gasteiger partial charge on any atom is 0.323 e. The fraction of sp³-hybridized carbons (Fsp3) is 0.889. The van der Waals surface area contributed by atoms with Crippen LogP contribution in [0.5, 0.6) is 0 Å². The van der Waals surface area contributed by atoms with E-state index in [0.29, 0.717) is 0 Å². The molecule has 92 valence electrons. The van der Waals surface area contributed by atoms with Gasteiger partial charge in [0.1, 0.15) is 6.10 Å². The van der Waals surface area contributed by atoms with Gasteiger partial charge in [-0.2, -0.15) is 8.78 Å². The molecule has 4 atom stereocenters. The quantitative estimate of drug-likeness (QED) is 0.696. The number of ether oxygens (including phenoxy) is 3. The van der Waals surface area contributed by atoms with Gasteiger partial charge >= 0.3 is 11.9 Å². The summed E-state index contributed by atoms with van der Waals surface area (Å²) < 4.78 is 40.8. The molecule has 0 unspecified atom stereocenters. The lowest BCUT2D eigenvalue weighted by Gasteiger charge is -2.54. The Labute approximate surface area is 90.3 Å². The van der Waals surface area contributed by atoms with Crippen molar-refractivity contribution in [3.8, 4) is 0 Å². The number of hydrogen-bond donors (Lipinski definition) is 1. The second-order valence-electron chi connectivity index (χ2n) is 3.89. The maximum atomic E-state index is 13.3. The van der Waals surface area contributed by atoms with Crippen molar-refractivity contribution in [3.63, 3.8) is 0 Å². The summed E-state index contributed by atoms with van der Waals surface area (Å²) in [4.78, 5) is 10.6. The van der Waals surface area contributed by atoms with Gasteiger partial charge in [-0.05, 0) is 0 Å². The Bertz CT molecular complexity index is 296. The van der Waals surface area contributed by atoms with E-state index in [0.717, 1.165) is 0 Å². The first-order valence-electron chi connectivity index (χ1n) is 4.89. The molecule has 16 heavy (non-hydrogen) atoms. The van der Waals surface area contributed by atoms with Crippen molar-refractivity contribution in [2.24, 2.45) is 5.92 Å². The average molecular weight is 238 g/mol. The normalized spacial score (nSPS) is 40.0. The van der Waals surface area contributed by atoms with Crippen LogP contribution in [-0.2, 0) is 19.0 Å². The molecule has 0 aromatic heterocycles. The Morgan fingerprint density at radius 2 is 2.19 bits per heavy atom. The number of fused-ring (bicyclic) bond motifs is 2. The third-order valence-electron chi connectivity index (χ3n) is 2.79. The highest BCUT2D eigenvalue weighted by atomic mass is 19.3. The van der Waals surface area contributed by atoms with Crippen molar-refractivity contribution in [1.29, 1.82) is 0 Å². The SMILES string of the molecule is CC(=O)OC[C@@H]1[C@@H](CO)O[C@H]2O[C@@H]1C2(F)F. The van der Waals surface area contributed by atoms with Gasteiger partial charge in [-0.3, -0.25) is 4.79 Å². The second-order valence-corrected chi connectivity index (χ2v) is 3.89. The second kappa shape index (κ2) is 3.90. The number of carbonyl (C=O) groups is 1. The summed E-state index contributed by atoms with van der Waals surface area (Å²) in [5.74, 6) is -4.48. The van der Waals surface area contributed by atoms with E-state index in [1.165, 1.54) is 6.92 Å². The molecule has 3 saturated heterocycles. The van der Waals surface area contributed by atoms with Gasteiger partial charge in [0.25, 0.3) is 0 Å². The number of hydrogen-bond acceptors (Lipinski definition) is 5.